The van der Waals surface area contributed by atoms with Gasteiger partial charge in [0.2, 0.25) is 5.17 Å². The number of hydrogen-bond acceptors (Lipinski definition) is 5. The molecule has 0 aliphatic carbocycles. The van der Waals surface area contributed by atoms with Crippen molar-refractivity contribution in [3.8, 4) is 5.75 Å². The van der Waals surface area contributed by atoms with E-state index in [1.807, 2.05) is 62.5 Å². The number of hydrogen-bond donors (Lipinski definition) is 1. The number of halogens is 1. The third kappa shape index (κ3) is 4.15. The lowest BCUT2D eigenvalue weighted by Gasteiger charge is -2.20. The van der Waals surface area contributed by atoms with Crippen molar-refractivity contribution < 1.29 is 9.53 Å². The molecule has 0 unspecified atom stereocenters. The van der Waals surface area contributed by atoms with Crippen LogP contribution >= 0.6 is 23.4 Å². The van der Waals surface area contributed by atoms with Gasteiger partial charge in [-0.25, -0.2) is 0 Å². The summed E-state index contributed by atoms with van der Waals surface area (Å²) in [7, 11) is 0. The van der Waals surface area contributed by atoms with Crippen LogP contribution in [0.5, 0.6) is 5.75 Å². The Morgan fingerprint density at radius 1 is 1.18 bits per heavy atom. The predicted molar refractivity (Wildman–Crippen MR) is 139 cm³/mol. The number of aliphatic imine (C=N–C) groups is 1. The van der Waals surface area contributed by atoms with Gasteiger partial charge >= 0.3 is 0 Å². The molecule has 0 fully saturated rings. The Labute approximate surface area is 206 Å². The van der Waals surface area contributed by atoms with Gasteiger partial charge in [0.25, 0.3) is 5.91 Å². The van der Waals surface area contributed by atoms with Gasteiger partial charge in [0, 0.05) is 28.6 Å². The second-order valence-electron chi connectivity index (χ2n) is 8.19. The molecule has 0 atom stereocenters. The minimum absolute atomic E-state index is 0.0389. The van der Waals surface area contributed by atoms with Gasteiger partial charge in [-0.05, 0) is 36.0 Å². The molecule has 1 amide bonds. The van der Waals surface area contributed by atoms with Crippen molar-refractivity contribution >= 4 is 62.3 Å². The Kier molecular flexibility index (Phi) is 6.02. The number of rotatable bonds is 6. The molecule has 0 spiro atoms. The Bertz CT molecular complexity index is 1410. The van der Waals surface area contributed by atoms with Crippen LogP contribution in [0.4, 0.5) is 0 Å². The first-order valence-corrected chi connectivity index (χ1v) is 12.1. The van der Waals surface area contributed by atoms with Gasteiger partial charge in [-0.1, -0.05) is 55.8 Å². The number of carbonyl (C=O) groups is 1. The van der Waals surface area contributed by atoms with Crippen molar-refractivity contribution in [2.24, 2.45) is 16.0 Å². The zero-order valence-corrected chi connectivity index (χ0v) is 20.2. The molecular formula is C25H22ClN5O2S. The first-order valence-electron chi connectivity index (χ1n) is 10.9. The van der Waals surface area contributed by atoms with Crippen LogP contribution in [-0.2, 0) is 11.3 Å². The van der Waals surface area contributed by atoms with Crippen LogP contribution in [0.3, 0.4) is 0 Å². The van der Waals surface area contributed by atoms with Gasteiger partial charge in [-0.15, -0.1) is 0 Å². The summed E-state index contributed by atoms with van der Waals surface area (Å²) < 4.78 is 7.94. The number of fused-ring (bicyclic) bond motifs is 2. The normalized spacial score (nSPS) is 16.9. The molecule has 2 aliphatic heterocycles. The second kappa shape index (κ2) is 9.12. The lowest BCUT2D eigenvalue weighted by Crippen LogP contribution is -2.35. The number of para-hydroxylation sites is 2. The van der Waals surface area contributed by atoms with E-state index in [1.54, 1.807) is 12.1 Å². The zero-order valence-electron chi connectivity index (χ0n) is 18.7. The maximum Gasteiger partial charge on any atom is 0.283 e. The Morgan fingerprint density at radius 3 is 2.74 bits per heavy atom. The summed E-state index contributed by atoms with van der Waals surface area (Å²) in [6.07, 6.45) is 3.70. The predicted octanol–water partition coefficient (Wildman–Crippen LogP) is 5.65. The van der Waals surface area contributed by atoms with Crippen molar-refractivity contribution in [3.63, 3.8) is 0 Å². The summed E-state index contributed by atoms with van der Waals surface area (Å²) in [5, 5.41) is 17.4. The number of amidine groups is 2. The molecule has 0 bridgehead atoms. The maximum atomic E-state index is 12.8. The lowest BCUT2D eigenvalue weighted by atomic mass is 10.1. The van der Waals surface area contributed by atoms with E-state index in [0.717, 1.165) is 21.5 Å². The largest absolute Gasteiger partial charge is 0.490 e. The van der Waals surface area contributed by atoms with Gasteiger partial charge < -0.3 is 9.30 Å². The van der Waals surface area contributed by atoms with E-state index in [-0.39, 0.29) is 17.3 Å². The third-order valence-corrected chi connectivity index (χ3v) is 7.03. The summed E-state index contributed by atoms with van der Waals surface area (Å²) in [6, 6.07) is 15.3. The number of aromatic nitrogens is 1. The number of thioether (sulfide) groups is 1. The SMILES string of the molecule is CC(C)C1=NN2C(=N)/C(=C\c3cn(CCOc4ccccc4Cl)c4ccccc34)C(=O)N=C2S1. The highest BCUT2D eigenvalue weighted by molar-refractivity contribution is 8.27. The Morgan fingerprint density at radius 2 is 1.94 bits per heavy atom. The molecular weight excluding hydrogens is 470 g/mol. The molecule has 2 aromatic carbocycles. The first-order chi connectivity index (χ1) is 16.4. The van der Waals surface area contributed by atoms with E-state index in [1.165, 1.54) is 16.8 Å². The average Bonchev–Trinajstić information content (AvgIpc) is 3.40. The van der Waals surface area contributed by atoms with Crippen molar-refractivity contribution in [2.45, 2.75) is 20.4 Å². The summed E-state index contributed by atoms with van der Waals surface area (Å²) in [4.78, 5) is 17.0. The summed E-state index contributed by atoms with van der Waals surface area (Å²) in [6.45, 7) is 5.07. The van der Waals surface area contributed by atoms with E-state index in [9.17, 15) is 4.79 Å². The summed E-state index contributed by atoms with van der Waals surface area (Å²) >= 11 is 7.53. The Hall–Kier alpha value is -3.36. The van der Waals surface area contributed by atoms with Crippen LogP contribution in [-0.4, -0.2) is 38.1 Å². The van der Waals surface area contributed by atoms with E-state index < -0.39 is 5.91 Å². The maximum absolute atomic E-state index is 12.8. The quantitative estimate of drug-likeness (QED) is 0.452. The number of benzene rings is 2. The summed E-state index contributed by atoms with van der Waals surface area (Å²) in [5.41, 5.74) is 2.06. The van der Waals surface area contributed by atoms with Crippen LogP contribution in [0.2, 0.25) is 5.02 Å². The van der Waals surface area contributed by atoms with Crippen molar-refractivity contribution in [2.75, 3.05) is 6.61 Å². The highest BCUT2D eigenvalue weighted by Gasteiger charge is 2.36. The second-order valence-corrected chi connectivity index (χ2v) is 9.58. The zero-order chi connectivity index (χ0) is 23.8. The van der Waals surface area contributed by atoms with Crippen LogP contribution in [0.15, 0.2) is 70.4 Å². The fraction of sp³-hybridized carbons (Fsp3) is 0.200. The molecule has 0 radical (unpaired) electrons. The molecule has 1 aromatic heterocycles. The molecule has 2 aliphatic rings. The molecule has 7 nitrogen and oxygen atoms in total. The molecule has 3 aromatic rings. The lowest BCUT2D eigenvalue weighted by molar-refractivity contribution is -0.114. The van der Waals surface area contributed by atoms with E-state index in [0.29, 0.717) is 29.1 Å². The van der Waals surface area contributed by atoms with E-state index in [2.05, 4.69) is 14.7 Å². The number of hydrazone groups is 1. The topological polar surface area (TPSA) is 83.0 Å². The van der Waals surface area contributed by atoms with Crippen LogP contribution in [0.1, 0.15) is 19.4 Å². The third-order valence-electron chi connectivity index (χ3n) is 5.51. The van der Waals surface area contributed by atoms with Crippen molar-refractivity contribution in [3.05, 3.63) is 70.9 Å². The molecule has 172 valence electrons. The van der Waals surface area contributed by atoms with Crippen LogP contribution in [0.25, 0.3) is 17.0 Å². The van der Waals surface area contributed by atoms with Crippen LogP contribution < -0.4 is 4.74 Å². The molecule has 34 heavy (non-hydrogen) atoms. The number of nitrogens with one attached hydrogen (secondary N) is 1. The molecule has 0 saturated carbocycles. The highest BCUT2D eigenvalue weighted by atomic mass is 35.5. The molecule has 3 heterocycles. The minimum Gasteiger partial charge on any atom is -0.490 e. The average molecular weight is 492 g/mol. The molecule has 5 rings (SSSR count). The van der Waals surface area contributed by atoms with Gasteiger partial charge in [0.1, 0.15) is 17.4 Å². The first kappa shape index (κ1) is 22.4. The number of nitrogens with zero attached hydrogens (tertiary/aromatic N) is 4. The van der Waals surface area contributed by atoms with Crippen molar-refractivity contribution in [1.29, 1.82) is 5.41 Å². The fourth-order valence-corrected chi connectivity index (χ4v) is 4.87. The summed E-state index contributed by atoms with van der Waals surface area (Å²) in [5.74, 6) is 0.446. The number of ether oxygens (including phenoxy) is 1. The molecule has 9 heteroatoms. The van der Waals surface area contributed by atoms with Gasteiger partial charge in [0.15, 0.2) is 5.84 Å². The van der Waals surface area contributed by atoms with Crippen LogP contribution in [0, 0.1) is 11.3 Å². The smallest absolute Gasteiger partial charge is 0.283 e. The minimum atomic E-state index is -0.428. The molecule has 1 N–H and O–H groups in total. The van der Waals surface area contributed by atoms with E-state index >= 15 is 0 Å². The standard InChI is InChI=1S/C25H22ClN5O2S/c1-15(2)24-29-31-22(27)18(23(32)28-25(31)34-24)13-16-14-30(20-9-5-3-7-17(16)20)11-12-33-21-10-6-4-8-19(21)26/h3-10,13-15,27H,11-12H2,1-2H3/b18-13+,27-22?. The van der Waals surface area contributed by atoms with Gasteiger partial charge in [-0.3, -0.25) is 10.2 Å². The van der Waals surface area contributed by atoms with E-state index in [4.69, 9.17) is 21.7 Å². The van der Waals surface area contributed by atoms with Gasteiger partial charge in [0.05, 0.1) is 17.1 Å². The van der Waals surface area contributed by atoms with Crippen molar-refractivity contribution in [1.82, 2.24) is 9.58 Å². The van der Waals surface area contributed by atoms with Gasteiger partial charge in [-0.2, -0.15) is 15.1 Å². The molecule has 0 saturated heterocycles. The monoisotopic (exact) mass is 491 g/mol. The number of carbonyl (C=O) groups excluding carboxylic acids is 1. The number of amides is 1. The Balaban J connectivity index is 1.44. The highest BCUT2D eigenvalue weighted by Crippen LogP contribution is 2.32. The fourth-order valence-electron chi connectivity index (χ4n) is 3.79.